The molecule has 0 spiro atoms. The molecule has 0 aromatic heterocycles. The minimum absolute atomic E-state index is 0.0669. The lowest BCUT2D eigenvalue weighted by atomic mass is 10.1. The van der Waals surface area contributed by atoms with E-state index in [0.29, 0.717) is 13.1 Å². The minimum atomic E-state index is -0.358. The van der Waals surface area contributed by atoms with E-state index in [1.54, 1.807) is 9.80 Å². The van der Waals surface area contributed by atoms with Gasteiger partial charge in [0, 0.05) is 13.1 Å². The molecule has 0 saturated carbocycles. The van der Waals surface area contributed by atoms with Gasteiger partial charge in [0.05, 0.1) is 26.3 Å². The summed E-state index contributed by atoms with van der Waals surface area (Å²) < 4.78 is 9.37. The van der Waals surface area contributed by atoms with Crippen molar-refractivity contribution >= 4 is 12.2 Å². The maximum absolute atomic E-state index is 11.4. The molecular weight excluding hydrogens is 212 g/mol. The second-order valence-corrected chi connectivity index (χ2v) is 3.94. The van der Waals surface area contributed by atoms with Gasteiger partial charge in [-0.3, -0.25) is 0 Å². The number of amides is 2. The van der Waals surface area contributed by atoms with E-state index in [1.165, 1.54) is 14.2 Å². The summed E-state index contributed by atoms with van der Waals surface area (Å²) in [5, 5.41) is 0. The van der Waals surface area contributed by atoms with Crippen LogP contribution in [0, 0.1) is 0 Å². The molecule has 0 aromatic rings. The van der Waals surface area contributed by atoms with Crippen molar-refractivity contribution in [1.82, 2.24) is 9.80 Å². The molecule has 0 bridgehead atoms. The number of ether oxygens (including phenoxy) is 2. The van der Waals surface area contributed by atoms with E-state index in [1.807, 2.05) is 13.8 Å². The first-order chi connectivity index (χ1) is 7.51. The molecule has 6 heteroatoms. The molecule has 0 aromatic carbocycles. The van der Waals surface area contributed by atoms with E-state index < -0.39 is 0 Å². The predicted octanol–water partition coefficient (Wildman–Crippen LogP) is 0.914. The van der Waals surface area contributed by atoms with Crippen LogP contribution in [0.25, 0.3) is 0 Å². The van der Waals surface area contributed by atoms with Crippen LogP contribution in [0.15, 0.2) is 0 Å². The van der Waals surface area contributed by atoms with Crippen molar-refractivity contribution in [2.75, 3.05) is 27.3 Å². The fourth-order valence-corrected chi connectivity index (χ4v) is 1.87. The number of rotatable bonds is 0. The van der Waals surface area contributed by atoms with Gasteiger partial charge >= 0.3 is 12.2 Å². The molecular formula is C10H18N2O4. The van der Waals surface area contributed by atoms with Crippen molar-refractivity contribution in [2.45, 2.75) is 25.9 Å². The Bertz CT molecular complexity index is 254. The van der Waals surface area contributed by atoms with Gasteiger partial charge in [-0.25, -0.2) is 9.59 Å². The number of hydrogen-bond acceptors (Lipinski definition) is 4. The van der Waals surface area contributed by atoms with Gasteiger partial charge in [0.1, 0.15) is 0 Å². The van der Waals surface area contributed by atoms with Gasteiger partial charge in [0.15, 0.2) is 0 Å². The van der Waals surface area contributed by atoms with Crippen LogP contribution in [0.4, 0.5) is 9.59 Å². The maximum Gasteiger partial charge on any atom is 0.409 e. The molecule has 1 saturated heterocycles. The Balaban J connectivity index is 2.70. The highest BCUT2D eigenvalue weighted by Crippen LogP contribution is 2.16. The van der Waals surface area contributed by atoms with Crippen molar-refractivity contribution in [3.8, 4) is 0 Å². The molecule has 92 valence electrons. The summed E-state index contributed by atoms with van der Waals surface area (Å²) in [4.78, 5) is 26.1. The van der Waals surface area contributed by atoms with Gasteiger partial charge in [0.2, 0.25) is 0 Å². The van der Waals surface area contributed by atoms with Gasteiger partial charge in [0.25, 0.3) is 0 Å². The second kappa shape index (κ2) is 5.05. The normalized spacial score (nSPS) is 25.2. The fraction of sp³-hybridized carbons (Fsp3) is 0.800. The van der Waals surface area contributed by atoms with Crippen LogP contribution < -0.4 is 0 Å². The summed E-state index contributed by atoms with van der Waals surface area (Å²) in [6.45, 7) is 4.67. The molecule has 1 fully saturated rings. The molecule has 0 N–H and O–H groups in total. The Morgan fingerprint density at radius 1 is 0.938 bits per heavy atom. The van der Waals surface area contributed by atoms with Crippen molar-refractivity contribution in [3.05, 3.63) is 0 Å². The van der Waals surface area contributed by atoms with Crippen LogP contribution in [-0.4, -0.2) is 61.4 Å². The van der Waals surface area contributed by atoms with E-state index in [4.69, 9.17) is 0 Å². The summed E-state index contributed by atoms with van der Waals surface area (Å²) >= 11 is 0. The summed E-state index contributed by atoms with van der Waals surface area (Å²) in [5.74, 6) is 0. The lowest BCUT2D eigenvalue weighted by molar-refractivity contribution is 0.0318. The Kier molecular flexibility index (Phi) is 3.98. The van der Waals surface area contributed by atoms with Crippen molar-refractivity contribution in [1.29, 1.82) is 0 Å². The van der Waals surface area contributed by atoms with Crippen LogP contribution in [0.5, 0.6) is 0 Å². The summed E-state index contributed by atoms with van der Waals surface area (Å²) in [5.41, 5.74) is 0. The monoisotopic (exact) mass is 230 g/mol. The third-order valence-corrected chi connectivity index (χ3v) is 2.80. The Morgan fingerprint density at radius 2 is 1.25 bits per heavy atom. The van der Waals surface area contributed by atoms with Gasteiger partial charge in [-0.1, -0.05) is 0 Å². The zero-order valence-electron chi connectivity index (χ0n) is 10.1. The molecule has 16 heavy (non-hydrogen) atoms. The molecule has 1 heterocycles. The topological polar surface area (TPSA) is 59.1 Å². The molecule has 2 atom stereocenters. The average Bonchev–Trinajstić information content (AvgIpc) is 2.29. The SMILES string of the molecule is COC(=O)N1C[C@H](C)N(C(=O)OC)C[C@H]1C. The van der Waals surface area contributed by atoms with Gasteiger partial charge in [-0.05, 0) is 13.8 Å². The third-order valence-electron chi connectivity index (χ3n) is 2.80. The molecule has 1 rings (SSSR count). The number of piperazine rings is 1. The number of carbonyl (C=O) groups is 2. The minimum Gasteiger partial charge on any atom is -0.453 e. The molecule has 2 amide bonds. The van der Waals surface area contributed by atoms with Crippen molar-refractivity contribution < 1.29 is 19.1 Å². The van der Waals surface area contributed by atoms with Crippen molar-refractivity contribution in [3.63, 3.8) is 0 Å². The summed E-state index contributed by atoms with van der Waals surface area (Å²) in [6, 6.07) is -0.134. The van der Waals surface area contributed by atoms with Gasteiger partial charge < -0.3 is 19.3 Å². The number of hydrogen-bond donors (Lipinski definition) is 0. The van der Waals surface area contributed by atoms with Crippen LogP contribution in [0.2, 0.25) is 0 Å². The number of nitrogens with zero attached hydrogens (tertiary/aromatic N) is 2. The quantitative estimate of drug-likeness (QED) is 0.620. The fourth-order valence-electron chi connectivity index (χ4n) is 1.87. The van der Waals surface area contributed by atoms with E-state index in [9.17, 15) is 9.59 Å². The largest absolute Gasteiger partial charge is 0.453 e. The third kappa shape index (κ3) is 2.37. The highest BCUT2D eigenvalue weighted by Gasteiger charge is 2.35. The van der Waals surface area contributed by atoms with Crippen molar-refractivity contribution in [2.24, 2.45) is 0 Å². The highest BCUT2D eigenvalue weighted by atomic mass is 16.5. The first-order valence-electron chi connectivity index (χ1n) is 5.20. The smallest absolute Gasteiger partial charge is 0.409 e. The first kappa shape index (κ1) is 12.6. The number of carbonyl (C=O) groups excluding carboxylic acids is 2. The lowest BCUT2D eigenvalue weighted by Gasteiger charge is -2.42. The standard InChI is InChI=1S/C10H18N2O4/c1-7-5-12(10(14)16-4)8(2)6-11(7)9(13)15-3/h7-8H,5-6H2,1-4H3/t7-,8+. The summed E-state index contributed by atoms with van der Waals surface area (Å²) in [6.07, 6.45) is -0.715. The number of methoxy groups -OCH3 is 2. The van der Waals surface area contributed by atoms with Crippen LogP contribution in [0.1, 0.15) is 13.8 Å². The van der Waals surface area contributed by atoms with E-state index >= 15 is 0 Å². The lowest BCUT2D eigenvalue weighted by Crippen LogP contribution is -2.59. The van der Waals surface area contributed by atoms with E-state index in [-0.39, 0.29) is 24.3 Å². The Morgan fingerprint density at radius 3 is 1.50 bits per heavy atom. The molecule has 0 aliphatic carbocycles. The average molecular weight is 230 g/mol. The maximum atomic E-state index is 11.4. The van der Waals surface area contributed by atoms with Gasteiger partial charge in [-0.2, -0.15) is 0 Å². The first-order valence-corrected chi connectivity index (χ1v) is 5.20. The predicted molar refractivity (Wildman–Crippen MR) is 57.1 cm³/mol. The summed E-state index contributed by atoms with van der Waals surface area (Å²) in [7, 11) is 2.71. The van der Waals surface area contributed by atoms with Crippen LogP contribution in [-0.2, 0) is 9.47 Å². The van der Waals surface area contributed by atoms with Gasteiger partial charge in [-0.15, -0.1) is 0 Å². The second-order valence-electron chi connectivity index (χ2n) is 3.94. The highest BCUT2D eigenvalue weighted by molar-refractivity contribution is 5.70. The van der Waals surface area contributed by atoms with Crippen LogP contribution >= 0.6 is 0 Å². The molecule has 6 nitrogen and oxygen atoms in total. The van der Waals surface area contributed by atoms with E-state index in [0.717, 1.165) is 0 Å². The zero-order valence-corrected chi connectivity index (χ0v) is 10.1. The molecule has 0 unspecified atom stereocenters. The Hall–Kier alpha value is -1.46. The van der Waals surface area contributed by atoms with E-state index in [2.05, 4.69) is 9.47 Å². The molecule has 1 aliphatic rings. The molecule has 1 aliphatic heterocycles. The van der Waals surface area contributed by atoms with Crippen LogP contribution in [0.3, 0.4) is 0 Å². The zero-order chi connectivity index (χ0) is 12.3. The molecule has 0 radical (unpaired) electrons. The Labute approximate surface area is 95.1 Å².